The van der Waals surface area contributed by atoms with Crippen LogP contribution in [0.5, 0.6) is 0 Å². The van der Waals surface area contributed by atoms with Crippen molar-refractivity contribution < 1.29 is 0 Å². The molecule has 1 fully saturated rings. The number of anilines is 1. The van der Waals surface area contributed by atoms with Crippen molar-refractivity contribution in [1.29, 1.82) is 0 Å². The van der Waals surface area contributed by atoms with Gasteiger partial charge in [0.1, 0.15) is 0 Å². The Morgan fingerprint density at radius 2 is 2.18 bits per heavy atom. The van der Waals surface area contributed by atoms with Gasteiger partial charge in [-0.05, 0) is 31.0 Å². The Kier molecular flexibility index (Phi) is 2.52. The summed E-state index contributed by atoms with van der Waals surface area (Å²) in [6, 6.07) is 7.58. The Morgan fingerprint density at radius 3 is 2.82 bits per heavy atom. The van der Waals surface area contributed by atoms with Gasteiger partial charge in [-0.25, -0.2) is 4.68 Å². The van der Waals surface area contributed by atoms with Crippen LogP contribution in [-0.2, 0) is 0 Å². The topological polar surface area (TPSA) is 56.7 Å². The molecule has 1 aliphatic rings. The molecule has 3 rings (SSSR count). The number of nitrogens with zero attached hydrogens (tertiary/aromatic N) is 3. The molecular formula is C12H13ClN4. The number of hydrogen-bond acceptors (Lipinski definition) is 3. The predicted octanol–water partition coefficient (Wildman–Crippen LogP) is 2.77. The molecule has 0 saturated heterocycles. The Bertz CT molecular complexity index is 545. The molecule has 0 radical (unpaired) electrons. The van der Waals surface area contributed by atoms with E-state index in [1.54, 1.807) is 0 Å². The van der Waals surface area contributed by atoms with Crippen molar-refractivity contribution in [3.05, 3.63) is 35.0 Å². The summed E-state index contributed by atoms with van der Waals surface area (Å²) in [6.45, 7) is 0. The monoisotopic (exact) mass is 248 g/mol. The Balaban J connectivity index is 2.08. The molecule has 0 atom stereocenters. The third kappa shape index (κ3) is 1.78. The molecule has 1 aromatic heterocycles. The van der Waals surface area contributed by atoms with Crippen LogP contribution >= 0.6 is 11.6 Å². The summed E-state index contributed by atoms with van der Waals surface area (Å²) in [5.74, 6) is 1.03. The summed E-state index contributed by atoms with van der Waals surface area (Å²) < 4.78 is 1.81. The third-order valence-electron chi connectivity index (χ3n) is 3.28. The van der Waals surface area contributed by atoms with Gasteiger partial charge in [-0.3, -0.25) is 0 Å². The van der Waals surface area contributed by atoms with Crippen molar-refractivity contribution in [3.63, 3.8) is 0 Å². The lowest BCUT2D eigenvalue weighted by molar-refractivity contribution is 0.404. The first-order chi connectivity index (χ1) is 8.25. The normalized spacial score (nSPS) is 15.8. The number of nitrogen functional groups attached to an aromatic ring is 1. The van der Waals surface area contributed by atoms with Crippen molar-refractivity contribution >= 4 is 17.4 Å². The minimum atomic E-state index is 0.490. The number of benzene rings is 1. The SMILES string of the molecule is Nc1nnn(-c2cccc(Cl)c2)c1C1CCC1. The fraction of sp³-hybridized carbons (Fsp3) is 0.333. The number of aromatic nitrogens is 3. The number of nitrogens with two attached hydrogens (primary N) is 1. The molecule has 17 heavy (non-hydrogen) atoms. The Hall–Kier alpha value is -1.55. The maximum Gasteiger partial charge on any atom is 0.169 e. The van der Waals surface area contributed by atoms with Gasteiger partial charge in [0.15, 0.2) is 5.82 Å². The van der Waals surface area contributed by atoms with E-state index < -0.39 is 0 Å². The molecule has 0 unspecified atom stereocenters. The van der Waals surface area contributed by atoms with E-state index in [4.69, 9.17) is 17.3 Å². The molecule has 2 aromatic rings. The lowest BCUT2D eigenvalue weighted by Crippen LogP contribution is -2.15. The first kappa shape index (κ1) is 10.6. The average Bonchev–Trinajstić information content (AvgIpc) is 2.59. The molecular weight excluding hydrogens is 236 g/mol. The smallest absolute Gasteiger partial charge is 0.169 e. The van der Waals surface area contributed by atoms with Crippen LogP contribution in [0, 0.1) is 0 Å². The maximum atomic E-state index is 5.99. The van der Waals surface area contributed by atoms with Gasteiger partial charge in [-0.1, -0.05) is 29.3 Å². The van der Waals surface area contributed by atoms with E-state index in [-0.39, 0.29) is 0 Å². The van der Waals surface area contributed by atoms with Crippen LogP contribution in [0.25, 0.3) is 5.69 Å². The molecule has 1 aliphatic carbocycles. The maximum absolute atomic E-state index is 5.99. The van der Waals surface area contributed by atoms with E-state index in [0.717, 1.165) is 24.2 Å². The highest BCUT2D eigenvalue weighted by molar-refractivity contribution is 6.30. The van der Waals surface area contributed by atoms with Crippen LogP contribution in [0.2, 0.25) is 5.02 Å². The van der Waals surface area contributed by atoms with E-state index in [1.807, 2.05) is 28.9 Å². The lowest BCUT2D eigenvalue weighted by Gasteiger charge is -2.25. The highest BCUT2D eigenvalue weighted by Gasteiger charge is 2.27. The molecule has 4 nitrogen and oxygen atoms in total. The minimum Gasteiger partial charge on any atom is -0.381 e. The van der Waals surface area contributed by atoms with Gasteiger partial charge in [0, 0.05) is 10.9 Å². The molecule has 88 valence electrons. The van der Waals surface area contributed by atoms with E-state index in [1.165, 1.54) is 6.42 Å². The fourth-order valence-corrected chi connectivity index (χ4v) is 2.35. The van der Waals surface area contributed by atoms with Crippen molar-refractivity contribution in [1.82, 2.24) is 15.0 Å². The van der Waals surface area contributed by atoms with E-state index >= 15 is 0 Å². The Labute approximate surface area is 104 Å². The molecule has 1 heterocycles. The second-order valence-corrected chi connectivity index (χ2v) is 4.82. The quantitative estimate of drug-likeness (QED) is 0.889. The Morgan fingerprint density at radius 1 is 1.35 bits per heavy atom. The third-order valence-corrected chi connectivity index (χ3v) is 3.51. The van der Waals surface area contributed by atoms with Gasteiger partial charge in [-0.15, -0.1) is 5.10 Å². The van der Waals surface area contributed by atoms with Gasteiger partial charge in [-0.2, -0.15) is 0 Å². The summed E-state index contributed by atoms with van der Waals surface area (Å²) >= 11 is 5.99. The molecule has 0 bridgehead atoms. The van der Waals surface area contributed by atoms with Crippen molar-refractivity contribution in [3.8, 4) is 5.69 Å². The molecule has 0 amide bonds. The molecule has 0 aliphatic heterocycles. The van der Waals surface area contributed by atoms with Crippen LogP contribution in [0.1, 0.15) is 30.9 Å². The van der Waals surface area contributed by atoms with Gasteiger partial charge in [0.05, 0.1) is 11.4 Å². The zero-order valence-electron chi connectivity index (χ0n) is 9.31. The van der Waals surface area contributed by atoms with Gasteiger partial charge in [0.25, 0.3) is 0 Å². The first-order valence-electron chi connectivity index (χ1n) is 5.73. The summed E-state index contributed by atoms with van der Waals surface area (Å²) in [7, 11) is 0. The average molecular weight is 249 g/mol. The van der Waals surface area contributed by atoms with Crippen molar-refractivity contribution in [2.45, 2.75) is 25.2 Å². The van der Waals surface area contributed by atoms with Crippen LogP contribution in [0.4, 0.5) is 5.82 Å². The van der Waals surface area contributed by atoms with E-state index in [2.05, 4.69) is 10.3 Å². The molecule has 1 aromatic carbocycles. The second kappa shape index (κ2) is 4.04. The van der Waals surface area contributed by atoms with Gasteiger partial charge in [0.2, 0.25) is 0 Å². The molecule has 1 saturated carbocycles. The standard InChI is InChI=1S/C12H13ClN4/c13-9-5-2-6-10(7-9)17-11(8-3-1-4-8)12(14)15-16-17/h2,5-8H,1,3-4,14H2. The van der Waals surface area contributed by atoms with Gasteiger partial charge >= 0.3 is 0 Å². The summed E-state index contributed by atoms with van der Waals surface area (Å²) in [5.41, 5.74) is 7.85. The summed E-state index contributed by atoms with van der Waals surface area (Å²) in [4.78, 5) is 0. The van der Waals surface area contributed by atoms with Crippen LogP contribution in [0.3, 0.4) is 0 Å². The van der Waals surface area contributed by atoms with Crippen molar-refractivity contribution in [2.24, 2.45) is 0 Å². The first-order valence-corrected chi connectivity index (χ1v) is 6.10. The highest BCUT2D eigenvalue weighted by Crippen LogP contribution is 2.39. The number of hydrogen-bond donors (Lipinski definition) is 1. The lowest BCUT2D eigenvalue weighted by atomic mass is 9.82. The molecule has 5 heteroatoms. The molecule has 0 spiro atoms. The second-order valence-electron chi connectivity index (χ2n) is 4.38. The van der Waals surface area contributed by atoms with E-state index in [0.29, 0.717) is 16.8 Å². The largest absolute Gasteiger partial charge is 0.381 e. The zero-order chi connectivity index (χ0) is 11.8. The van der Waals surface area contributed by atoms with Crippen molar-refractivity contribution in [2.75, 3.05) is 5.73 Å². The predicted molar refractivity (Wildman–Crippen MR) is 67.4 cm³/mol. The van der Waals surface area contributed by atoms with E-state index in [9.17, 15) is 0 Å². The highest BCUT2D eigenvalue weighted by atomic mass is 35.5. The van der Waals surface area contributed by atoms with Crippen LogP contribution in [-0.4, -0.2) is 15.0 Å². The van der Waals surface area contributed by atoms with Crippen LogP contribution in [0.15, 0.2) is 24.3 Å². The molecule has 2 N–H and O–H groups in total. The minimum absolute atomic E-state index is 0.490. The van der Waals surface area contributed by atoms with Gasteiger partial charge < -0.3 is 5.73 Å². The zero-order valence-corrected chi connectivity index (χ0v) is 10.1. The number of rotatable bonds is 2. The number of halogens is 1. The fourth-order valence-electron chi connectivity index (χ4n) is 2.16. The summed E-state index contributed by atoms with van der Waals surface area (Å²) in [5, 5.41) is 8.78. The summed E-state index contributed by atoms with van der Waals surface area (Å²) in [6.07, 6.45) is 3.58. The van der Waals surface area contributed by atoms with Crippen LogP contribution < -0.4 is 5.73 Å².